The molecular formula is C26H20F6N2O4. The minimum absolute atomic E-state index is 0.0779. The molecule has 0 heterocycles. The zero-order valence-corrected chi connectivity index (χ0v) is 19.6. The second kappa shape index (κ2) is 11.4. The molecule has 0 radical (unpaired) electrons. The number of nitrogens with one attached hydrogen (secondary N) is 1. The number of alkyl halides is 4. The van der Waals surface area contributed by atoms with Gasteiger partial charge < -0.3 is 15.3 Å². The number of Topliss-reactive ketones (excluding diaryl/α,β-unsaturated/α-hetero) is 1. The fraction of sp³-hybridized carbons (Fsp3) is 0.192. The van der Waals surface area contributed by atoms with Crippen molar-refractivity contribution >= 4 is 17.4 Å². The van der Waals surface area contributed by atoms with E-state index >= 15 is 0 Å². The Bertz CT molecular complexity index is 1330. The molecule has 38 heavy (non-hydrogen) atoms. The number of carbonyl (C=O) groups excluding carboxylic acids is 2. The fourth-order valence-corrected chi connectivity index (χ4v) is 3.79. The van der Waals surface area contributed by atoms with Gasteiger partial charge in [0.15, 0.2) is 5.78 Å². The second-order valence-electron chi connectivity index (χ2n) is 8.17. The van der Waals surface area contributed by atoms with E-state index in [1.54, 1.807) is 30.3 Å². The number of ketones is 1. The molecule has 0 aliphatic carbocycles. The third-order valence-corrected chi connectivity index (χ3v) is 5.50. The van der Waals surface area contributed by atoms with Crippen LogP contribution >= 0.6 is 0 Å². The number of benzene rings is 3. The summed E-state index contributed by atoms with van der Waals surface area (Å²) in [7, 11) is 0. The summed E-state index contributed by atoms with van der Waals surface area (Å²) in [4.78, 5) is 25.0. The van der Waals surface area contributed by atoms with Crippen LogP contribution < -0.4 is 10.1 Å². The van der Waals surface area contributed by atoms with Crippen molar-refractivity contribution in [3.05, 3.63) is 101 Å². The van der Waals surface area contributed by atoms with Crippen LogP contribution in [-0.4, -0.2) is 35.1 Å². The summed E-state index contributed by atoms with van der Waals surface area (Å²) in [6, 6.07) is 14.7. The highest BCUT2D eigenvalue weighted by Crippen LogP contribution is 2.38. The van der Waals surface area contributed by atoms with Crippen molar-refractivity contribution in [3.8, 4) is 5.75 Å². The highest BCUT2D eigenvalue weighted by molar-refractivity contribution is 6.65. The van der Waals surface area contributed by atoms with Gasteiger partial charge in [0.1, 0.15) is 17.4 Å². The van der Waals surface area contributed by atoms with E-state index < -0.39 is 52.9 Å². The summed E-state index contributed by atoms with van der Waals surface area (Å²) in [6.07, 6.45) is -9.45. The van der Waals surface area contributed by atoms with Gasteiger partial charge in [0.05, 0.1) is 5.54 Å². The molecule has 0 aromatic heterocycles. The monoisotopic (exact) mass is 538 g/mol. The van der Waals surface area contributed by atoms with Gasteiger partial charge in [0, 0.05) is 19.4 Å². The first-order chi connectivity index (χ1) is 17.9. The van der Waals surface area contributed by atoms with Crippen molar-refractivity contribution < 1.29 is 45.9 Å². The van der Waals surface area contributed by atoms with Crippen molar-refractivity contribution in [2.45, 2.75) is 31.4 Å². The van der Waals surface area contributed by atoms with Crippen molar-refractivity contribution in [3.63, 3.8) is 0 Å². The fourth-order valence-electron chi connectivity index (χ4n) is 3.79. The molecule has 3 rings (SSSR count). The van der Waals surface area contributed by atoms with Crippen LogP contribution in [0.1, 0.15) is 23.6 Å². The molecule has 1 atom stereocenters. The molecule has 0 bridgehead atoms. The summed E-state index contributed by atoms with van der Waals surface area (Å²) in [5.41, 5.74) is -2.61. The normalized spacial score (nSPS) is 13.6. The minimum Gasteiger partial charge on any atom is -0.428 e. The predicted octanol–water partition coefficient (Wildman–Crippen LogP) is 5.22. The summed E-state index contributed by atoms with van der Waals surface area (Å²) in [6.45, 7) is 0.936. The molecule has 3 aromatic carbocycles. The number of oxime groups is 1. The molecule has 6 nitrogen and oxygen atoms in total. The lowest BCUT2D eigenvalue weighted by atomic mass is 9.77. The first-order valence-electron chi connectivity index (χ1n) is 10.9. The number of carbonyl (C=O) groups is 2. The summed E-state index contributed by atoms with van der Waals surface area (Å²) >= 11 is 0. The third-order valence-electron chi connectivity index (χ3n) is 5.50. The molecule has 0 saturated heterocycles. The molecule has 0 saturated carbocycles. The molecular weight excluding hydrogens is 518 g/mol. The van der Waals surface area contributed by atoms with E-state index in [0.717, 1.165) is 31.2 Å². The first-order valence-corrected chi connectivity index (χ1v) is 10.9. The Morgan fingerprint density at radius 1 is 0.947 bits per heavy atom. The molecule has 200 valence electrons. The lowest BCUT2D eigenvalue weighted by molar-refractivity contribution is -0.253. The van der Waals surface area contributed by atoms with Gasteiger partial charge in [0.25, 0.3) is 5.91 Å². The number of hydrogen-bond donors (Lipinski definition) is 2. The minimum atomic E-state index is -4.97. The highest BCUT2D eigenvalue weighted by atomic mass is 19.3. The lowest BCUT2D eigenvalue weighted by Crippen LogP contribution is -2.52. The molecule has 0 spiro atoms. The van der Waals surface area contributed by atoms with Gasteiger partial charge in [0.2, 0.25) is 5.71 Å². The van der Waals surface area contributed by atoms with E-state index in [9.17, 15) is 41.1 Å². The van der Waals surface area contributed by atoms with Crippen LogP contribution in [0, 0.1) is 11.6 Å². The predicted molar refractivity (Wildman–Crippen MR) is 123 cm³/mol. The number of hydrogen-bond acceptors (Lipinski definition) is 5. The van der Waals surface area contributed by atoms with E-state index in [-0.39, 0.29) is 17.5 Å². The second-order valence-corrected chi connectivity index (χ2v) is 8.17. The van der Waals surface area contributed by atoms with Crippen molar-refractivity contribution in [1.82, 2.24) is 5.32 Å². The molecule has 0 fully saturated rings. The highest BCUT2D eigenvalue weighted by Gasteiger charge is 2.45. The Labute approximate surface area is 212 Å². The van der Waals surface area contributed by atoms with Crippen LogP contribution in [0.15, 0.2) is 78.0 Å². The van der Waals surface area contributed by atoms with E-state index in [1.165, 1.54) is 12.1 Å². The topological polar surface area (TPSA) is 88.0 Å². The standard InChI is InChI=1S/C26H20F6N2O4/c1-15(35)22(34-37)23(36)33-25(14-16-5-3-2-4-6-16,17-7-9-19(27)10-8-17)18-11-20(28)13-21(12-18)38-26(31,32)24(29)30/h2-13,24,37H,14H2,1H3,(H,33,36)/t25-/m1/s1. The van der Waals surface area contributed by atoms with Crippen molar-refractivity contribution in [2.24, 2.45) is 5.16 Å². The van der Waals surface area contributed by atoms with Crippen molar-refractivity contribution in [2.75, 3.05) is 0 Å². The number of nitrogens with zero attached hydrogens (tertiary/aromatic N) is 1. The number of rotatable bonds is 10. The van der Waals surface area contributed by atoms with E-state index in [0.29, 0.717) is 11.6 Å². The van der Waals surface area contributed by atoms with E-state index in [2.05, 4.69) is 15.2 Å². The van der Waals surface area contributed by atoms with Gasteiger partial charge in [-0.2, -0.15) is 17.6 Å². The number of ether oxygens (including phenoxy) is 1. The maximum atomic E-state index is 14.7. The average Bonchev–Trinajstić information content (AvgIpc) is 2.84. The Morgan fingerprint density at radius 3 is 2.13 bits per heavy atom. The SMILES string of the molecule is CC(=O)C(=NO)C(=O)N[C@](Cc1ccccc1)(c1ccc(F)cc1)c1cc(F)cc(OC(F)(F)C(F)F)c1. The Hall–Kier alpha value is -4.35. The Kier molecular flexibility index (Phi) is 8.44. The molecule has 0 aliphatic heterocycles. The zero-order chi connectivity index (χ0) is 28.1. The average molecular weight is 538 g/mol. The number of halogens is 6. The van der Waals surface area contributed by atoms with Crippen LogP contribution in [0.2, 0.25) is 0 Å². The molecule has 3 aromatic rings. The summed E-state index contributed by atoms with van der Waals surface area (Å²) in [5.74, 6) is -5.07. The molecule has 1 amide bonds. The summed E-state index contributed by atoms with van der Waals surface area (Å²) in [5, 5.41) is 14.4. The van der Waals surface area contributed by atoms with Gasteiger partial charge in [-0.1, -0.05) is 47.6 Å². The van der Waals surface area contributed by atoms with Crippen LogP contribution in [0.4, 0.5) is 26.3 Å². The van der Waals surface area contributed by atoms with Crippen LogP contribution in [-0.2, 0) is 21.5 Å². The van der Waals surface area contributed by atoms with E-state index in [1.807, 2.05) is 0 Å². The van der Waals surface area contributed by atoms with Crippen LogP contribution in [0.3, 0.4) is 0 Å². The molecule has 12 heteroatoms. The van der Waals surface area contributed by atoms with Gasteiger partial charge in [-0.15, -0.1) is 0 Å². The van der Waals surface area contributed by atoms with Gasteiger partial charge in [-0.05, 0) is 41.0 Å². The maximum Gasteiger partial charge on any atom is 0.461 e. The summed E-state index contributed by atoms with van der Waals surface area (Å²) < 4.78 is 85.5. The quantitative estimate of drug-likeness (QED) is 0.122. The van der Waals surface area contributed by atoms with Crippen LogP contribution in [0.5, 0.6) is 5.75 Å². The number of amides is 1. The van der Waals surface area contributed by atoms with Crippen LogP contribution in [0.25, 0.3) is 0 Å². The van der Waals surface area contributed by atoms with Gasteiger partial charge >= 0.3 is 12.5 Å². The Balaban J connectivity index is 2.31. The zero-order valence-electron chi connectivity index (χ0n) is 19.6. The largest absolute Gasteiger partial charge is 0.461 e. The first kappa shape index (κ1) is 28.2. The van der Waals surface area contributed by atoms with Crippen molar-refractivity contribution in [1.29, 1.82) is 0 Å². The molecule has 2 N–H and O–H groups in total. The Morgan fingerprint density at radius 2 is 1.58 bits per heavy atom. The molecule has 0 unspecified atom stereocenters. The smallest absolute Gasteiger partial charge is 0.428 e. The molecule has 0 aliphatic rings. The van der Waals surface area contributed by atoms with Gasteiger partial charge in [-0.3, -0.25) is 9.59 Å². The third kappa shape index (κ3) is 6.31. The van der Waals surface area contributed by atoms with Gasteiger partial charge in [-0.25, -0.2) is 8.78 Å². The maximum absolute atomic E-state index is 14.7. The lowest BCUT2D eigenvalue weighted by Gasteiger charge is -2.37. The van der Waals surface area contributed by atoms with E-state index in [4.69, 9.17) is 0 Å².